The summed E-state index contributed by atoms with van der Waals surface area (Å²) in [7, 11) is 0. The number of hydrogen-bond donors (Lipinski definition) is 7. The average molecular weight is 1100 g/mol. The van der Waals surface area contributed by atoms with Crippen LogP contribution in [-0.4, -0.2) is 142 Å². The van der Waals surface area contributed by atoms with Crippen molar-refractivity contribution in [3.05, 3.63) is 85.1 Å². The van der Waals surface area contributed by atoms with Crippen LogP contribution in [-0.2, 0) is 33.2 Å². The summed E-state index contributed by atoms with van der Waals surface area (Å²) < 4.78 is 34.4. The highest BCUT2D eigenvalue weighted by atomic mass is 16.7. The quantitative estimate of drug-likeness (QED) is 0.0172. The smallest absolute Gasteiger partial charge is 0.306 e. The van der Waals surface area contributed by atoms with E-state index >= 15 is 0 Å². The van der Waals surface area contributed by atoms with E-state index in [0.717, 1.165) is 96.3 Å². The van der Waals surface area contributed by atoms with Crippen LogP contribution < -0.4 is 0 Å². The first-order chi connectivity index (χ1) is 38.1. The van der Waals surface area contributed by atoms with Gasteiger partial charge in [-0.2, -0.15) is 0 Å². The Hall–Kier alpha value is -2.83. The molecular formula is C64H110O14. The molecule has 0 saturated carbocycles. The maximum atomic E-state index is 13.1. The first-order valence-electron chi connectivity index (χ1n) is 30.7. The van der Waals surface area contributed by atoms with Crippen LogP contribution in [0.25, 0.3) is 0 Å². The molecule has 14 heteroatoms. The Kier molecular flexibility index (Phi) is 45.6. The minimum absolute atomic E-state index is 0.0415. The van der Waals surface area contributed by atoms with Gasteiger partial charge in [0.15, 0.2) is 12.6 Å². The van der Waals surface area contributed by atoms with Crippen LogP contribution in [0.5, 0.6) is 0 Å². The summed E-state index contributed by atoms with van der Waals surface area (Å²) in [5.74, 6) is -0.385. The highest BCUT2D eigenvalue weighted by Crippen LogP contribution is 2.27. The third-order valence-electron chi connectivity index (χ3n) is 14.2. The number of aliphatic hydroxyl groups is 7. The minimum Gasteiger partial charge on any atom is -0.457 e. The SMILES string of the molecule is CC/C=C\C/C=C\C/C=C\C/C=C\C/C=C\C/C=C\C/C=C\CCCCCCOCC(COC1OC(COC2OC(CO)C(O)C(O)C2O)C(O)C(O)C1O)OC(=O)CCCCCCCCCCCCCCCCCCCC. The lowest BCUT2D eigenvalue weighted by molar-refractivity contribution is -0.332. The van der Waals surface area contributed by atoms with Crippen molar-refractivity contribution in [1.82, 2.24) is 0 Å². The molecule has 0 radical (unpaired) electrons. The van der Waals surface area contributed by atoms with E-state index in [-0.39, 0.29) is 25.6 Å². The molecule has 78 heavy (non-hydrogen) atoms. The molecule has 0 bridgehead atoms. The summed E-state index contributed by atoms with van der Waals surface area (Å²) in [4.78, 5) is 13.1. The van der Waals surface area contributed by atoms with E-state index in [4.69, 9.17) is 28.4 Å². The molecule has 2 rings (SSSR count). The average Bonchev–Trinajstić information content (AvgIpc) is 3.45. The number of carbonyl (C=O) groups is 1. The molecule has 0 aromatic rings. The molecule has 7 N–H and O–H groups in total. The third kappa shape index (κ3) is 35.8. The molecule has 0 amide bonds. The summed E-state index contributed by atoms with van der Waals surface area (Å²) in [5.41, 5.74) is 0. The topological polar surface area (TPSA) is 214 Å². The van der Waals surface area contributed by atoms with Gasteiger partial charge >= 0.3 is 5.97 Å². The van der Waals surface area contributed by atoms with Gasteiger partial charge in [0, 0.05) is 13.0 Å². The lowest BCUT2D eigenvalue weighted by atomic mass is 9.98. The van der Waals surface area contributed by atoms with Crippen LogP contribution in [0.4, 0.5) is 0 Å². The van der Waals surface area contributed by atoms with E-state index < -0.39 is 80.7 Å². The molecule has 2 aliphatic rings. The zero-order valence-electron chi connectivity index (χ0n) is 48.4. The fourth-order valence-electron chi connectivity index (χ4n) is 9.27. The molecule has 11 atom stereocenters. The first kappa shape index (κ1) is 71.3. The Morgan fingerprint density at radius 2 is 0.833 bits per heavy atom. The van der Waals surface area contributed by atoms with Gasteiger partial charge in [-0.05, 0) is 70.6 Å². The number of hydrogen-bond acceptors (Lipinski definition) is 14. The van der Waals surface area contributed by atoms with E-state index in [9.17, 15) is 40.5 Å². The summed E-state index contributed by atoms with van der Waals surface area (Å²) in [6, 6.07) is 0. The number of allylic oxidation sites excluding steroid dienone is 14. The van der Waals surface area contributed by atoms with Crippen molar-refractivity contribution in [2.75, 3.05) is 33.0 Å². The number of rotatable bonds is 49. The minimum atomic E-state index is -1.72. The summed E-state index contributed by atoms with van der Waals surface area (Å²) in [6.45, 7) is 3.53. The van der Waals surface area contributed by atoms with Crippen molar-refractivity contribution in [3.63, 3.8) is 0 Å². The highest BCUT2D eigenvalue weighted by molar-refractivity contribution is 5.69. The number of aliphatic hydroxyl groups excluding tert-OH is 7. The lowest BCUT2D eigenvalue weighted by Gasteiger charge is -2.42. The molecule has 14 nitrogen and oxygen atoms in total. The van der Waals surface area contributed by atoms with Crippen LogP contribution in [0.15, 0.2) is 85.1 Å². The van der Waals surface area contributed by atoms with Gasteiger partial charge in [0.1, 0.15) is 54.9 Å². The van der Waals surface area contributed by atoms with Gasteiger partial charge in [-0.25, -0.2) is 0 Å². The van der Waals surface area contributed by atoms with Crippen molar-refractivity contribution in [2.45, 2.75) is 280 Å². The van der Waals surface area contributed by atoms with Crippen LogP contribution >= 0.6 is 0 Å². The Bertz CT molecular complexity index is 1610. The maximum absolute atomic E-state index is 13.1. The molecule has 2 saturated heterocycles. The second kappa shape index (κ2) is 49.9. The van der Waals surface area contributed by atoms with Gasteiger partial charge in [-0.15, -0.1) is 0 Å². The van der Waals surface area contributed by atoms with E-state index in [1.807, 2.05) is 0 Å². The molecule has 2 heterocycles. The second-order valence-corrected chi connectivity index (χ2v) is 21.2. The van der Waals surface area contributed by atoms with Crippen LogP contribution in [0.3, 0.4) is 0 Å². The highest BCUT2D eigenvalue weighted by Gasteiger charge is 2.47. The van der Waals surface area contributed by atoms with Crippen LogP contribution in [0, 0.1) is 0 Å². The number of unbranched alkanes of at least 4 members (excludes halogenated alkanes) is 21. The van der Waals surface area contributed by atoms with Crippen molar-refractivity contribution in [1.29, 1.82) is 0 Å². The van der Waals surface area contributed by atoms with Gasteiger partial charge in [0.05, 0.1) is 26.4 Å². The molecular weight excluding hydrogens is 993 g/mol. The maximum Gasteiger partial charge on any atom is 0.306 e. The van der Waals surface area contributed by atoms with Crippen LogP contribution in [0.2, 0.25) is 0 Å². The third-order valence-corrected chi connectivity index (χ3v) is 14.2. The fraction of sp³-hybridized carbons (Fsp3) is 0.766. The normalized spacial score (nSPS) is 24.7. The molecule has 0 aromatic carbocycles. The lowest BCUT2D eigenvalue weighted by Crippen LogP contribution is -2.61. The van der Waals surface area contributed by atoms with Crippen LogP contribution in [0.1, 0.15) is 213 Å². The monoisotopic (exact) mass is 1100 g/mol. The Balaban J connectivity index is 1.71. The molecule has 0 aliphatic carbocycles. The molecule has 0 aromatic heterocycles. The first-order valence-corrected chi connectivity index (χ1v) is 30.7. The fourth-order valence-corrected chi connectivity index (χ4v) is 9.27. The molecule has 2 fully saturated rings. The zero-order chi connectivity index (χ0) is 56.5. The van der Waals surface area contributed by atoms with E-state index in [1.54, 1.807) is 0 Å². The van der Waals surface area contributed by atoms with Gasteiger partial charge in [-0.3, -0.25) is 4.79 Å². The van der Waals surface area contributed by atoms with Gasteiger partial charge in [0.25, 0.3) is 0 Å². The predicted molar refractivity (Wildman–Crippen MR) is 312 cm³/mol. The van der Waals surface area contributed by atoms with Gasteiger partial charge < -0.3 is 64.2 Å². The number of esters is 1. The summed E-state index contributed by atoms with van der Waals surface area (Å²) >= 11 is 0. The van der Waals surface area contributed by atoms with Crippen molar-refractivity contribution in [3.8, 4) is 0 Å². The molecule has 0 spiro atoms. The number of carbonyl (C=O) groups excluding carboxylic acids is 1. The predicted octanol–water partition coefficient (Wildman–Crippen LogP) is 11.6. The van der Waals surface area contributed by atoms with E-state index in [1.165, 1.54) is 89.9 Å². The van der Waals surface area contributed by atoms with E-state index in [2.05, 4.69) is 98.9 Å². The Morgan fingerprint density at radius 3 is 1.31 bits per heavy atom. The van der Waals surface area contributed by atoms with Gasteiger partial charge in [-0.1, -0.05) is 221 Å². The zero-order valence-corrected chi connectivity index (χ0v) is 48.4. The molecule has 2 aliphatic heterocycles. The van der Waals surface area contributed by atoms with E-state index in [0.29, 0.717) is 13.0 Å². The summed E-state index contributed by atoms with van der Waals surface area (Å²) in [5, 5.41) is 72.4. The van der Waals surface area contributed by atoms with Crippen molar-refractivity contribution < 1.29 is 69.0 Å². The number of ether oxygens (including phenoxy) is 6. The standard InChI is InChI=1S/C64H110O14/c1-3-5-7-9-11-13-15-17-19-21-23-24-25-26-27-28-29-30-32-34-36-38-40-42-44-46-48-73-50-53(76-56(66)47-45-43-41-39-37-35-33-31-22-20-18-16-14-12-10-8-6-4-2)51-74-63-62(72)60(70)58(68)55(78-63)52-75-64-61(71)59(69)57(67)54(49-65)77-64/h5,7,11,13,17,19,23-24,26-27,29-30,34,36,53-55,57-65,67-72H,3-4,6,8-10,12,14-16,18,20-22,25,28,31-33,35,37-52H2,1-2H3/b7-5-,13-11-,19-17-,24-23-,27-26-,30-29-,36-34-. The summed E-state index contributed by atoms with van der Waals surface area (Å²) in [6.07, 6.45) is 49.3. The Morgan fingerprint density at radius 1 is 0.436 bits per heavy atom. The van der Waals surface area contributed by atoms with Gasteiger partial charge in [0.2, 0.25) is 0 Å². The largest absolute Gasteiger partial charge is 0.457 e. The molecule has 450 valence electrons. The second-order valence-electron chi connectivity index (χ2n) is 21.2. The van der Waals surface area contributed by atoms with Crippen molar-refractivity contribution >= 4 is 5.97 Å². The van der Waals surface area contributed by atoms with Crippen molar-refractivity contribution in [2.24, 2.45) is 0 Å². The molecule has 11 unspecified atom stereocenters. The Labute approximate surface area is 471 Å².